The van der Waals surface area contributed by atoms with E-state index in [9.17, 15) is 5.11 Å². The van der Waals surface area contributed by atoms with Crippen molar-refractivity contribution in [2.45, 2.75) is 40.5 Å². The number of piperidine rings is 1. The summed E-state index contributed by atoms with van der Waals surface area (Å²) in [5.74, 6) is 0.187. The van der Waals surface area contributed by atoms with Gasteiger partial charge in [-0.1, -0.05) is 13.8 Å². The molecule has 0 bridgehead atoms. The Balaban J connectivity index is 2.04. The summed E-state index contributed by atoms with van der Waals surface area (Å²) < 4.78 is 0. The molecule has 0 saturated carbocycles. The van der Waals surface area contributed by atoms with E-state index in [1.165, 1.54) is 30.3 Å². The van der Waals surface area contributed by atoms with Crippen molar-refractivity contribution in [1.29, 1.82) is 0 Å². The molecule has 1 fully saturated rings. The predicted octanol–water partition coefficient (Wildman–Crippen LogP) is 4.09. The predicted molar refractivity (Wildman–Crippen MR) is 93.8 cm³/mol. The Labute approximate surface area is 138 Å². The van der Waals surface area contributed by atoms with Crippen molar-refractivity contribution in [3.8, 4) is 17.0 Å². The lowest BCUT2D eigenvalue weighted by molar-refractivity contribution is 0.280. The number of nitrogens with zero attached hydrogens (tertiary/aromatic N) is 3. The smallest absolute Gasteiger partial charge is 0.133 e. The highest BCUT2D eigenvalue weighted by Crippen LogP contribution is 2.38. The van der Waals surface area contributed by atoms with Crippen molar-refractivity contribution in [2.24, 2.45) is 5.41 Å². The van der Waals surface area contributed by atoms with Gasteiger partial charge in [0, 0.05) is 30.5 Å². The van der Waals surface area contributed by atoms with Crippen molar-refractivity contribution < 1.29 is 5.11 Å². The Morgan fingerprint density at radius 1 is 1.04 bits per heavy atom. The van der Waals surface area contributed by atoms with E-state index in [0.29, 0.717) is 5.41 Å². The van der Waals surface area contributed by atoms with Gasteiger partial charge in [-0.15, -0.1) is 0 Å². The van der Waals surface area contributed by atoms with Crippen molar-refractivity contribution in [3.05, 3.63) is 35.8 Å². The van der Waals surface area contributed by atoms with Crippen LogP contribution in [0.2, 0.25) is 0 Å². The summed E-state index contributed by atoms with van der Waals surface area (Å²) in [5, 5.41) is 9.49. The van der Waals surface area contributed by atoms with Crippen LogP contribution < -0.4 is 4.90 Å². The summed E-state index contributed by atoms with van der Waals surface area (Å²) in [4.78, 5) is 11.4. The minimum absolute atomic E-state index is 0.187. The van der Waals surface area contributed by atoms with Gasteiger partial charge in [-0.05, 0) is 49.8 Å². The molecule has 1 aliphatic heterocycles. The van der Waals surface area contributed by atoms with Crippen molar-refractivity contribution in [3.63, 3.8) is 0 Å². The van der Waals surface area contributed by atoms with Crippen molar-refractivity contribution in [2.75, 3.05) is 18.0 Å². The fourth-order valence-electron chi connectivity index (χ4n) is 3.17. The van der Waals surface area contributed by atoms with Gasteiger partial charge in [0.05, 0.1) is 17.6 Å². The van der Waals surface area contributed by atoms with E-state index in [-0.39, 0.29) is 5.75 Å². The second kappa shape index (κ2) is 5.84. The highest BCUT2D eigenvalue weighted by molar-refractivity contribution is 5.79. The number of pyridine rings is 2. The number of rotatable bonds is 2. The summed E-state index contributed by atoms with van der Waals surface area (Å²) >= 11 is 0. The summed E-state index contributed by atoms with van der Waals surface area (Å²) in [6.07, 6.45) is 5.79. The lowest BCUT2D eigenvalue weighted by Crippen LogP contribution is -2.38. The number of aromatic nitrogens is 2. The summed E-state index contributed by atoms with van der Waals surface area (Å²) in [6.45, 7) is 11.0. The Hall–Kier alpha value is -2.10. The zero-order valence-corrected chi connectivity index (χ0v) is 14.4. The molecule has 23 heavy (non-hydrogen) atoms. The van der Waals surface area contributed by atoms with E-state index >= 15 is 0 Å². The molecule has 0 radical (unpaired) electrons. The molecular formula is C19H25N3O. The first kappa shape index (κ1) is 15.8. The molecule has 3 heterocycles. The second-order valence-corrected chi connectivity index (χ2v) is 7.28. The first-order chi connectivity index (χ1) is 10.9. The van der Waals surface area contributed by atoms with Gasteiger partial charge in [0.25, 0.3) is 0 Å². The number of aromatic hydroxyl groups is 1. The van der Waals surface area contributed by atoms with Gasteiger partial charge in [0.15, 0.2) is 0 Å². The average molecular weight is 311 g/mol. The molecule has 1 N–H and O–H groups in total. The number of hydrogen-bond donors (Lipinski definition) is 1. The summed E-state index contributed by atoms with van der Waals surface area (Å²) in [5.41, 5.74) is 5.85. The maximum absolute atomic E-state index is 9.49. The Bertz CT molecular complexity index is 697. The van der Waals surface area contributed by atoms with E-state index in [0.717, 1.165) is 30.0 Å². The normalized spacial score (nSPS) is 17.3. The molecule has 0 aliphatic carbocycles. The Kier molecular flexibility index (Phi) is 4.00. The van der Waals surface area contributed by atoms with E-state index in [1.54, 1.807) is 6.07 Å². The van der Waals surface area contributed by atoms with Crippen LogP contribution in [0.1, 0.15) is 37.9 Å². The van der Waals surface area contributed by atoms with Crippen LogP contribution in [-0.2, 0) is 0 Å². The monoisotopic (exact) mass is 311 g/mol. The first-order valence-electron chi connectivity index (χ1n) is 8.24. The van der Waals surface area contributed by atoms with Crippen LogP contribution in [0.25, 0.3) is 11.3 Å². The third-order valence-electron chi connectivity index (χ3n) is 5.00. The maximum atomic E-state index is 9.49. The molecule has 0 amide bonds. The third kappa shape index (κ3) is 3.16. The first-order valence-corrected chi connectivity index (χ1v) is 8.24. The van der Waals surface area contributed by atoms with Crippen LogP contribution >= 0.6 is 0 Å². The van der Waals surface area contributed by atoms with Gasteiger partial charge >= 0.3 is 0 Å². The summed E-state index contributed by atoms with van der Waals surface area (Å²) in [6, 6.07) is 3.54. The molecule has 122 valence electrons. The SMILES string of the molecule is Cc1ncc(-c2ccc(O)cn2)c(N2CCC(C)(C)CC2)c1C. The molecule has 0 atom stereocenters. The van der Waals surface area contributed by atoms with Gasteiger partial charge in [0.1, 0.15) is 5.75 Å². The van der Waals surface area contributed by atoms with Crippen molar-refractivity contribution in [1.82, 2.24) is 9.97 Å². The Morgan fingerprint density at radius 3 is 2.35 bits per heavy atom. The van der Waals surface area contributed by atoms with Crippen LogP contribution in [0.15, 0.2) is 24.5 Å². The highest BCUT2D eigenvalue weighted by atomic mass is 16.3. The van der Waals surface area contributed by atoms with E-state index in [1.807, 2.05) is 12.3 Å². The minimum Gasteiger partial charge on any atom is -0.506 e. The fourth-order valence-corrected chi connectivity index (χ4v) is 3.17. The minimum atomic E-state index is 0.187. The van der Waals surface area contributed by atoms with Gasteiger partial charge in [0.2, 0.25) is 0 Å². The van der Waals surface area contributed by atoms with Gasteiger partial charge in [-0.25, -0.2) is 0 Å². The standard InChI is InChI=1S/C19H25N3O/c1-13-14(2)20-12-16(17-6-5-15(23)11-21-17)18(13)22-9-7-19(3,4)8-10-22/h5-6,11-12,23H,7-10H2,1-4H3. The molecule has 2 aromatic heterocycles. The lowest BCUT2D eigenvalue weighted by Gasteiger charge is -2.39. The Morgan fingerprint density at radius 2 is 1.74 bits per heavy atom. The molecule has 0 unspecified atom stereocenters. The third-order valence-corrected chi connectivity index (χ3v) is 5.00. The van der Waals surface area contributed by atoms with Crippen LogP contribution in [-0.4, -0.2) is 28.2 Å². The molecule has 0 spiro atoms. The van der Waals surface area contributed by atoms with Gasteiger partial charge in [-0.2, -0.15) is 0 Å². The summed E-state index contributed by atoms with van der Waals surface area (Å²) in [7, 11) is 0. The maximum Gasteiger partial charge on any atom is 0.133 e. The molecule has 2 aromatic rings. The topological polar surface area (TPSA) is 49.3 Å². The zero-order chi connectivity index (χ0) is 16.6. The van der Waals surface area contributed by atoms with E-state index in [2.05, 4.69) is 42.6 Å². The lowest BCUT2D eigenvalue weighted by atomic mass is 9.82. The molecule has 0 aromatic carbocycles. The van der Waals surface area contributed by atoms with Crippen LogP contribution in [0, 0.1) is 19.3 Å². The van der Waals surface area contributed by atoms with Gasteiger partial charge < -0.3 is 10.0 Å². The molecule has 4 nitrogen and oxygen atoms in total. The zero-order valence-electron chi connectivity index (χ0n) is 14.4. The molecule has 3 rings (SSSR count). The van der Waals surface area contributed by atoms with Crippen LogP contribution in [0.5, 0.6) is 5.75 Å². The average Bonchev–Trinajstić information content (AvgIpc) is 2.51. The van der Waals surface area contributed by atoms with Crippen LogP contribution in [0.3, 0.4) is 0 Å². The van der Waals surface area contributed by atoms with Crippen LogP contribution in [0.4, 0.5) is 5.69 Å². The number of anilines is 1. The fraction of sp³-hybridized carbons (Fsp3) is 0.474. The molecule has 1 aliphatic rings. The largest absolute Gasteiger partial charge is 0.506 e. The molecular weight excluding hydrogens is 286 g/mol. The molecule has 4 heteroatoms. The second-order valence-electron chi connectivity index (χ2n) is 7.28. The van der Waals surface area contributed by atoms with Gasteiger partial charge in [-0.3, -0.25) is 9.97 Å². The van der Waals surface area contributed by atoms with E-state index in [4.69, 9.17) is 0 Å². The molecule has 1 saturated heterocycles. The highest BCUT2D eigenvalue weighted by Gasteiger charge is 2.28. The van der Waals surface area contributed by atoms with Crippen molar-refractivity contribution >= 4 is 5.69 Å². The number of aryl methyl sites for hydroxylation is 1. The number of hydrogen-bond acceptors (Lipinski definition) is 4. The quantitative estimate of drug-likeness (QED) is 0.907. The van der Waals surface area contributed by atoms with E-state index < -0.39 is 0 Å².